The lowest BCUT2D eigenvalue weighted by molar-refractivity contribution is 0.0760. The molecule has 2 aromatic carbocycles. The van der Waals surface area contributed by atoms with Gasteiger partial charge in [-0.1, -0.05) is 28.1 Å². The van der Waals surface area contributed by atoms with E-state index in [4.69, 9.17) is 0 Å². The first kappa shape index (κ1) is 18.3. The summed E-state index contributed by atoms with van der Waals surface area (Å²) < 4.78 is 0.989. The average molecular weight is 419 g/mol. The Kier molecular flexibility index (Phi) is 6.07. The van der Waals surface area contributed by atoms with Gasteiger partial charge in [0.25, 0.3) is 5.91 Å². The van der Waals surface area contributed by atoms with Gasteiger partial charge in [-0.25, -0.2) is 0 Å². The Bertz CT molecular complexity index is 713. The molecule has 0 saturated carbocycles. The predicted molar refractivity (Wildman–Crippen MR) is 110 cm³/mol. The molecule has 1 saturated heterocycles. The van der Waals surface area contributed by atoms with Crippen molar-refractivity contribution in [2.45, 2.75) is 19.2 Å². The Balaban J connectivity index is 1.79. The maximum absolute atomic E-state index is 12.9. The number of anilines is 1. The molecule has 0 radical (unpaired) electrons. The monoisotopic (exact) mass is 418 g/mol. The number of carbonyl (C=O) groups is 1. The fourth-order valence-corrected chi connectivity index (χ4v) is 4.67. The van der Waals surface area contributed by atoms with E-state index >= 15 is 0 Å². The molecule has 3 nitrogen and oxygen atoms in total. The molecule has 0 spiro atoms. The van der Waals surface area contributed by atoms with Crippen LogP contribution in [0.25, 0.3) is 0 Å². The summed E-state index contributed by atoms with van der Waals surface area (Å²) in [7, 11) is 0. The summed E-state index contributed by atoms with van der Waals surface area (Å²) in [5, 5.41) is 0.0990. The normalized spacial score (nSPS) is 16.9. The standard InChI is InChI=1S/C20H23BrN2OS/c1-3-22(4-2)18-11-7-16(8-12-18)20-23(13-14-25-20)19(24)15-5-9-17(21)10-6-15/h5-12,20H,3-4,13-14H2,1-2H3. The first-order valence-electron chi connectivity index (χ1n) is 8.67. The van der Waals surface area contributed by atoms with Crippen molar-refractivity contribution in [3.05, 3.63) is 64.1 Å². The van der Waals surface area contributed by atoms with Crippen LogP contribution >= 0.6 is 27.7 Å². The molecule has 3 rings (SSSR count). The largest absolute Gasteiger partial charge is 0.372 e. The molecule has 1 fully saturated rings. The van der Waals surface area contributed by atoms with Gasteiger partial charge in [-0.05, 0) is 55.8 Å². The number of halogens is 1. The number of hydrogen-bond donors (Lipinski definition) is 0. The molecule has 1 unspecified atom stereocenters. The summed E-state index contributed by atoms with van der Waals surface area (Å²) in [5.74, 6) is 1.08. The Hall–Kier alpha value is -1.46. The van der Waals surface area contributed by atoms with Gasteiger partial charge in [-0.3, -0.25) is 4.79 Å². The van der Waals surface area contributed by atoms with Crippen LogP contribution in [-0.4, -0.2) is 36.2 Å². The van der Waals surface area contributed by atoms with Crippen LogP contribution < -0.4 is 4.90 Å². The third-order valence-corrected chi connectivity index (χ3v) is 6.34. The Morgan fingerprint density at radius 2 is 1.76 bits per heavy atom. The van der Waals surface area contributed by atoms with Gasteiger partial charge in [0.1, 0.15) is 5.37 Å². The summed E-state index contributed by atoms with van der Waals surface area (Å²) in [6, 6.07) is 16.3. The van der Waals surface area contributed by atoms with Gasteiger partial charge in [-0.15, -0.1) is 11.8 Å². The smallest absolute Gasteiger partial charge is 0.255 e. The number of thioether (sulfide) groups is 1. The molecule has 0 N–H and O–H groups in total. The van der Waals surface area contributed by atoms with Crippen molar-refractivity contribution in [3.63, 3.8) is 0 Å². The number of nitrogens with zero attached hydrogens (tertiary/aromatic N) is 2. The quantitative estimate of drug-likeness (QED) is 0.667. The average Bonchev–Trinajstić information content (AvgIpc) is 3.13. The highest BCUT2D eigenvalue weighted by Gasteiger charge is 2.31. The van der Waals surface area contributed by atoms with Gasteiger partial charge in [0.15, 0.2) is 0 Å². The van der Waals surface area contributed by atoms with Gasteiger partial charge in [-0.2, -0.15) is 0 Å². The second-order valence-corrected chi connectivity index (χ2v) is 8.10. The Morgan fingerprint density at radius 3 is 2.36 bits per heavy atom. The summed E-state index contributed by atoms with van der Waals surface area (Å²) in [6.45, 7) is 7.14. The first-order valence-corrected chi connectivity index (χ1v) is 10.5. The molecule has 2 aromatic rings. The molecule has 1 aliphatic heterocycles. The van der Waals surface area contributed by atoms with Gasteiger partial charge in [0, 0.05) is 41.1 Å². The number of rotatable bonds is 5. The molecule has 0 bridgehead atoms. The van der Waals surface area contributed by atoms with Crippen LogP contribution in [0.1, 0.15) is 35.1 Å². The van der Waals surface area contributed by atoms with Crippen molar-refractivity contribution >= 4 is 39.3 Å². The van der Waals surface area contributed by atoms with Crippen molar-refractivity contribution < 1.29 is 4.79 Å². The van der Waals surface area contributed by atoms with E-state index in [-0.39, 0.29) is 11.3 Å². The van der Waals surface area contributed by atoms with Crippen molar-refractivity contribution in [1.82, 2.24) is 4.90 Å². The zero-order valence-electron chi connectivity index (χ0n) is 14.6. The van der Waals surface area contributed by atoms with Gasteiger partial charge >= 0.3 is 0 Å². The first-order chi connectivity index (χ1) is 12.1. The molecule has 0 aromatic heterocycles. The van der Waals surface area contributed by atoms with Crippen molar-refractivity contribution in [2.24, 2.45) is 0 Å². The minimum atomic E-state index is 0.0990. The van der Waals surface area contributed by atoms with E-state index in [1.54, 1.807) is 0 Å². The molecule has 0 aliphatic carbocycles. The second kappa shape index (κ2) is 8.28. The third-order valence-electron chi connectivity index (χ3n) is 4.55. The van der Waals surface area contributed by atoms with Crippen molar-refractivity contribution in [1.29, 1.82) is 0 Å². The zero-order chi connectivity index (χ0) is 17.8. The number of carbonyl (C=O) groups excluding carboxylic acids is 1. The van der Waals surface area contributed by atoms with Crippen molar-refractivity contribution in [3.8, 4) is 0 Å². The molecule has 5 heteroatoms. The molecular formula is C20H23BrN2OS. The number of benzene rings is 2. The predicted octanol–water partition coefficient (Wildman–Crippen LogP) is 5.18. The molecule has 1 amide bonds. The third kappa shape index (κ3) is 4.04. The van der Waals surface area contributed by atoms with E-state index in [9.17, 15) is 4.79 Å². The van der Waals surface area contributed by atoms with Gasteiger partial charge in [0.2, 0.25) is 0 Å². The molecular weight excluding hydrogens is 396 g/mol. The van der Waals surface area contributed by atoms with Crippen LogP contribution in [-0.2, 0) is 0 Å². The van der Waals surface area contributed by atoms with Crippen LogP contribution in [0.5, 0.6) is 0 Å². The molecule has 1 heterocycles. The highest BCUT2D eigenvalue weighted by Crippen LogP contribution is 2.39. The van der Waals surface area contributed by atoms with Gasteiger partial charge < -0.3 is 9.80 Å². The van der Waals surface area contributed by atoms with Crippen LogP contribution in [0, 0.1) is 0 Å². The van der Waals surface area contributed by atoms with E-state index in [1.807, 2.05) is 40.9 Å². The van der Waals surface area contributed by atoms with E-state index in [0.717, 1.165) is 35.4 Å². The van der Waals surface area contributed by atoms with E-state index in [2.05, 4.69) is 58.9 Å². The SMILES string of the molecule is CCN(CC)c1ccc(C2SCCN2C(=O)c2ccc(Br)cc2)cc1. The summed E-state index contributed by atoms with van der Waals surface area (Å²) in [6.07, 6.45) is 0. The maximum atomic E-state index is 12.9. The molecule has 25 heavy (non-hydrogen) atoms. The van der Waals surface area contributed by atoms with E-state index in [0.29, 0.717) is 0 Å². The minimum absolute atomic E-state index is 0.0990. The fraction of sp³-hybridized carbons (Fsp3) is 0.350. The lowest BCUT2D eigenvalue weighted by atomic mass is 10.1. The number of hydrogen-bond acceptors (Lipinski definition) is 3. The van der Waals surface area contributed by atoms with Crippen LogP contribution in [0.15, 0.2) is 53.0 Å². The fourth-order valence-electron chi connectivity index (χ4n) is 3.15. The topological polar surface area (TPSA) is 23.6 Å². The summed E-state index contributed by atoms with van der Waals surface area (Å²) in [4.78, 5) is 17.2. The second-order valence-electron chi connectivity index (χ2n) is 5.99. The molecule has 1 aliphatic rings. The van der Waals surface area contributed by atoms with Crippen LogP contribution in [0.4, 0.5) is 5.69 Å². The highest BCUT2D eigenvalue weighted by atomic mass is 79.9. The molecule has 132 valence electrons. The summed E-state index contributed by atoms with van der Waals surface area (Å²) in [5.41, 5.74) is 3.18. The lowest BCUT2D eigenvalue weighted by Gasteiger charge is -2.26. The van der Waals surface area contributed by atoms with Crippen LogP contribution in [0.3, 0.4) is 0 Å². The summed E-state index contributed by atoms with van der Waals surface area (Å²) >= 11 is 5.26. The maximum Gasteiger partial charge on any atom is 0.255 e. The van der Waals surface area contributed by atoms with Crippen LogP contribution in [0.2, 0.25) is 0 Å². The Morgan fingerprint density at radius 1 is 1.12 bits per heavy atom. The van der Waals surface area contributed by atoms with E-state index in [1.165, 1.54) is 11.3 Å². The van der Waals surface area contributed by atoms with Gasteiger partial charge in [0.05, 0.1) is 0 Å². The molecule has 1 atom stereocenters. The minimum Gasteiger partial charge on any atom is -0.372 e. The number of amides is 1. The Labute approximate surface area is 162 Å². The zero-order valence-corrected chi connectivity index (χ0v) is 17.0. The highest BCUT2D eigenvalue weighted by molar-refractivity contribution is 9.10. The lowest BCUT2D eigenvalue weighted by Crippen LogP contribution is -2.30. The van der Waals surface area contributed by atoms with E-state index < -0.39 is 0 Å². The van der Waals surface area contributed by atoms with Crippen molar-refractivity contribution in [2.75, 3.05) is 30.3 Å².